The van der Waals surface area contributed by atoms with Crippen LogP contribution in [0.4, 0.5) is 8.63 Å². The van der Waals surface area contributed by atoms with E-state index >= 15 is 0 Å². The van der Waals surface area contributed by atoms with E-state index in [1.54, 1.807) is 13.8 Å². The fraction of sp³-hybridized carbons (Fsp3) is 1.00. The van der Waals surface area contributed by atoms with Crippen molar-refractivity contribution in [1.29, 1.82) is 0 Å². The molecule has 0 bridgehead atoms. The van der Waals surface area contributed by atoms with Crippen molar-refractivity contribution in [3.63, 3.8) is 0 Å². The summed E-state index contributed by atoms with van der Waals surface area (Å²) in [7, 11) is -14.1. The minimum absolute atomic E-state index is 0.0904. The van der Waals surface area contributed by atoms with Crippen LogP contribution in [0.3, 0.4) is 0 Å². The molecule has 0 spiro atoms. The van der Waals surface area contributed by atoms with Gasteiger partial charge in [0.25, 0.3) is 0 Å². The van der Waals surface area contributed by atoms with Crippen molar-refractivity contribution >= 4 is 38.6 Å². The van der Waals surface area contributed by atoms with Gasteiger partial charge in [-0.2, -0.15) is 0 Å². The summed E-state index contributed by atoms with van der Waals surface area (Å²) in [5.74, 6) is -2.30. The lowest BCUT2D eigenvalue weighted by molar-refractivity contribution is -0.00167. The van der Waals surface area contributed by atoms with Gasteiger partial charge in [-0.15, -0.1) is 0 Å². The van der Waals surface area contributed by atoms with Gasteiger partial charge in [0.15, 0.2) is 0 Å². The molecule has 0 saturated carbocycles. The predicted octanol–water partition coefficient (Wildman–Crippen LogP) is 3.23. The second kappa shape index (κ2) is 15.8. The zero-order chi connectivity index (χ0) is 28.3. The van der Waals surface area contributed by atoms with Gasteiger partial charge < -0.3 is 33.3 Å². The summed E-state index contributed by atoms with van der Waals surface area (Å²) >= 11 is 0. The molecule has 0 aliphatic rings. The molecule has 0 heterocycles. The summed E-state index contributed by atoms with van der Waals surface area (Å²) in [6.45, 7) is 3.51. The molecule has 36 heavy (non-hydrogen) atoms. The smallest absolute Gasteiger partial charge is 0.397 e. The summed E-state index contributed by atoms with van der Waals surface area (Å²) in [6, 6.07) is 0. The van der Waals surface area contributed by atoms with E-state index in [2.05, 4.69) is 9.05 Å². The van der Waals surface area contributed by atoms with E-state index in [9.17, 15) is 32.1 Å². The first-order valence-electron chi connectivity index (χ1n) is 10.9. The van der Waals surface area contributed by atoms with Gasteiger partial charge in [-0.1, -0.05) is 13.8 Å². The lowest BCUT2D eigenvalue weighted by Gasteiger charge is -2.33. The third-order valence-electron chi connectivity index (χ3n) is 5.25. The number of rotatable bonds is 21. The Bertz CT molecular complexity index is 790. The molecule has 0 amide bonds. The largest absolute Gasteiger partial charge is 0.472 e. The first kappa shape index (κ1) is 36.3. The minimum atomic E-state index is -4.85. The topological polar surface area (TPSA) is 199 Å². The summed E-state index contributed by atoms with van der Waals surface area (Å²) in [4.78, 5) is 37.6. The molecule has 0 fully saturated rings. The van der Waals surface area contributed by atoms with Gasteiger partial charge >= 0.3 is 38.6 Å². The average molecular weight is 588 g/mol. The van der Waals surface area contributed by atoms with Crippen molar-refractivity contribution in [1.82, 2.24) is 0 Å². The monoisotopic (exact) mass is 588 g/mol. The molecule has 0 aliphatic heterocycles. The molecule has 0 aromatic rings. The van der Waals surface area contributed by atoms with Crippen LogP contribution in [0.2, 0.25) is 11.6 Å². The molecule has 0 rings (SSSR count). The highest BCUT2D eigenvalue weighted by molar-refractivity contribution is 7.47. The van der Waals surface area contributed by atoms with Crippen molar-refractivity contribution < 1.29 is 69.6 Å². The number of phosphoric acid groups is 3. The zero-order valence-electron chi connectivity index (χ0n) is 20.6. The maximum atomic E-state index is 13.2. The van der Waals surface area contributed by atoms with Crippen molar-refractivity contribution in [3.8, 4) is 0 Å². The minimum Gasteiger partial charge on any atom is -0.397 e. The van der Waals surface area contributed by atoms with Crippen LogP contribution in [0.5, 0.6) is 0 Å². The molecular weight excluding hydrogens is 553 g/mol. The normalized spacial score (nSPS) is 20.9. The Hall–Kier alpha value is 0.280. The Morgan fingerprint density at radius 3 is 1.72 bits per heavy atom. The van der Waals surface area contributed by atoms with Gasteiger partial charge in [0.2, 0.25) is 0 Å². The van der Waals surface area contributed by atoms with Crippen LogP contribution < -0.4 is 0 Å². The van der Waals surface area contributed by atoms with E-state index < -0.39 is 72.7 Å². The average Bonchev–Trinajstić information content (AvgIpc) is 2.75. The van der Waals surface area contributed by atoms with Crippen LogP contribution in [0, 0.1) is 0 Å². The molecule has 2 radical (unpaired) electrons. The van der Waals surface area contributed by atoms with E-state index in [1.165, 1.54) is 13.8 Å². The zero-order valence-corrected chi connectivity index (χ0v) is 23.2. The summed E-state index contributed by atoms with van der Waals surface area (Å²) in [5, 5.41) is 8.91. The Labute approximate surface area is 211 Å². The second-order valence-electron chi connectivity index (χ2n) is 8.55. The molecule has 212 valence electrons. The number of phosphoric ester groups is 3. The number of halogens is 2. The quantitative estimate of drug-likeness (QED) is 0.0969. The molecule has 0 saturated heterocycles. The van der Waals surface area contributed by atoms with E-state index in [-0.39, 0.29) is 40.8 Å². The third-order valence-corrected chi connectivity index (χ3v) is 8.06. The Kier molecular flexibility index (Phi) is 15.9. The van der Waals surface area contributed by atoms with Gasteiger partial charge in [0.05, 0.1) is 31.0 Å². The molecule has 6 atom stereocenters. The van der Waals surface area contributed by atoms with Crippen molar-refractivity contribution in [3.05, 3.63) is 0 Å². The highest BCUT2D eigenvalue weighted by Crippen LogP contribution is 2.52. The summed E-state index contributed by atoms with van der Waals surface area (Å²) in [6.07, 6.45) is -0.226. The van der Waals surface area contributed by atoms with Crippen LogP contribution >= 0.6 is 23.5 Å². The molecular formula is C16H35B2F2O13P3. The van der Waals surface area contributed by atoms with Gasteiger partial charge in [0, 0.05) is 18.8 Å². The first-order valence-corrected chi connectivity index (χ1v) is 15.4. The standard InChI is InChI=1S/C16H35B2F2O13P3/c1-5-15(3,32-36(27,28)31-12-14(10-21)18-20)7-8-29-35(25,26)33-16(4,6-2)9-13(17-19)11-30-34(22,23)24/h13-14,21H,5-12H2,1-4H3,(H,25,26)(H,27,28)(H2,22,23,24). The van der Waals surface area contributed by atoms with Crippen molar-refractivity contribution in [2.75, 3.05) is 26.4 Å². The lowest BCUT2D eigenvalue weighted by atomic mass is 9.75. The van der Waals surface area contributed by atoms with Crippen molar-refractivity contribution in [2.45, 2.75) is 76.2 Å². The van der Waals surface area contributed by atoms with Crippen LogP contribution in [-0.4, -0.2) is 77.4 Å². The molecule has 0 aromatic carbocycles. The Balaban J connectivity index is 5.04. The first-order chi connectivity index (χ1) is 16.4. The van der Waals surface area contributed by atoms with Gasteiger partial charge in [-0.3, -0.25) is 22.6 Å². The predicted molar refractivity (Wildman–Crippen MR) is 127 cm³/mol. The van der Waals surface area contributed by atoms with E-state index in [4.69, 9.17) is 28.5 Å². The second-order valence-corrected chi connectivity index (χ2v) is 12.5. The SMILES string of the molecule is CCC(C)(CCOP(=O)(O)OC(C)(CC)CC([B]F)COP(=O)(O)O)OP(=O)(O)OCC([B]F)CO. The van der Waals surface area contributed by atoms with E-state index in [0.717, 1.165) is 0 Å². The fourth-order valence-corrected chi connectivity index (χ4v) is 5.46. The summed E-state index contributed by atoms with van der Waals surface area (Å²) in [5.41, 5.74) is -2.83. The van der Waals surface area contributed by atoms with Gasteiger partial charge in [0.1, 0.15) is 0 Å². The number of aliphatic hydroxyl groups is 1. The molecule has 0 aliphatic carbocycles. The fourth-order valence-electron chi connectivity index (χ4n) is 2.73. The molecule has 13 nitrogen and oxygen atoms in total. The Morgan fingerprint density at radius 1 is 0.806 bits per heavy atom. The van der Waals surface area contributed by atoms with Crippen LogP contribution in [-0.2, 0) is 36.3 Å². The maximum absolute atomic E-state index is 13.2. The number of aliphatic hydroxyl groups excluding tert-OH is 1. The highest BCUT2D eigenvalue weighted by atomic mass is 31.2. The molecule has 20 heteroatoms. The van der Waals surface area contributed by atoms with Crippen LogP contribution in [0.1, 0.15) is 53.4 Å². The van der Waals surface area contributed by atoms with Crippen LogP contribution in [0.25, 0.3) is 0 Å². The Morgan fingerprint density at radius 2 is 1.28 bits per heavy atom. The van der Waals surface area contributed by atoms with Crippen LogP contribution in [0.15, 0.2) is 0 Å². The van der Waals surface area contributed by atoms with E-state index in [0.29, 0.717) is 0 Å². The lowest BCUT2D eigenvalue weighted by Crippen LogP contribution is -2.31. The highest BCUT2D eigenvalue weighted by Gasteiger charge is 2.39. The number of hydrogen-bond donors (Lipinski definition) is 5. The molecule has 5 N–H and O–H groups in total. The third kappa shape index (κ3) is 15.6. The number of hydrogen-bond acceptors (Lipinski definition) is 9. The molecule has 0 aromatic heterocycles. The van der Waals surface area contributed by atoms with E-state index in [1.807, 2.05) is 0 Å². The van der Waals surface area contributed by atoms with Gasteiger partial charge in [-0.25, -0.2) is 13.7 Å². The molecule has 6 unspecified atom stereocenters. The van der Waals surface area contributed by atoms with Gasteiger partial charge in [-0.05, 0) is 38.9 Å². The van der Waals surface area contributed by atoms with Crippen molar-refractivity contribution in [2.24, 2.45) is 0 Å². The maximum Gasteiger partial charge on any atom is 0.472 e. The summed E-state index contributed by atoms with van der Waals surface area (Å²) < 4.78 is 85.5.